The SMILES string of the molecule is CCCCCCC(F)COC(=O)c1ccc(-c2ncc(CCc3ccc(CCCCC)cc3)cn2)cc1. The van der Waals surface area contributed by atoms with E-state index in [-0.39, 0.29) is 6.61 Å². The number of alkyl halides is 1. The summed E-state index contributed by atoms with van der Waals surface area (Å²) in [6.45, 7) is 4.16. The summed E-state index contributed by atoms with van der Waals surface area (Å²) in [5.74, 6) is 0.101. The molecule has 0 aliphatic heterocycles. The molecule has 0 spiro atoms. The molecule has 3 aromatic rings. The summed E-state index contributed by atoms with van der Waals surface area (Å²) in [5.41, 5.74) is 5.04. The smallest absolute Gasteiger partial charge is 0.338 e. The lowest BCUT2D eigenvalue weighted by atomic mass is 10.0. The Morgan fingerprint density at radius 1 is 0.757 bits per heavy atom. The Balaban J connectivity index is 1.44. The van der Waals surface area contributed by atoms with E-state index in [2.05, 4.69) is 48.1 Å². The number of unbranched alkanes of at least 4 members (excludes halogenated alkanes) is 5. The fraction of sp³-hybridized carbons (Fsp3) is 0.469. The van der Waals surface area contributed by atoms with Gasteiger partial charge in [0.1, 0.15) is 12.8 Å². The second-order valence-corrected chi connectivity index (χ2v) is 9.81. The van der Waals surface area contributed by atoms with Crippen LogP contribution in [0.3, 0.4) is 0 Å². The quantitative estimate of drug-likeness (QED) is 0.146. The highest BCUT2D eigenvalue weighted by Crippen LogP contribution is 2.18. The first-order chi connectivity index (χ1) is 18.1. The number of hydrogen-bond donors (Lipinski definition) is 0. The van der Waals surface area contributed by atoms with E-state index in [1.54, 1.807) is 24.3 Å². The molecular weight excluding hydrogens is 463 g/mol. The molecule has 37 heavy (non-hydrogen) atoms. The maximum Gasteiger partial charge on any atom is 0.338 e. The van der Waals surface area contributed by atoms with Crippen molar-refractivity contribution in [2.24, 2.45) is 0 Å². The molecule has 0 N–H and O–H groups in total. The van der Waals surface area contributed by atoms with Crippen molar-refractivity contribution in [3.8, 4) is 11.4 Å². The number of rotatable bonds is 16. The third-order valence-corrected chi connectivity index (χ3v) is 6.64. The number of carbonyl (C=O) groups excluding carboxylic acids is 1. The highest BCUT2D eigenvalue weighted by atomic mass is 19.1. The highest BCUT2D eigenvalue weighted by Gasteiger charge is 2.13. The molecule has 0 aliphatic carbocycles. The van der Waals surface area contributed by atoms with Gasteiger partial charge in [-0.3, -0.25) is 0 Å². The van der Waals surface area contributed by atoms with Crippen molar-refractivity contribution in [2.75, 3.05) is 6.61 Å². The molecule has 0 fully saturated rings. The zero-order chi connectivity index (χ0) is 26.3. The van der Waals surface area contributed by atoms with Crippen LogP contribution in [0.1, 0.15) is 92.3 Å². The molecule has 198 valence electrons. The number of benzene rings is 2. The van der Waals surface area contributed by atoms with Crippen molar-refractivity contribution >= 4 is 5.97 Å². The number of aromatic nitrogens is 2. The monoisotopic (exact) mass is 504 g/mol. The van der Waals surface area contributed by atoms with Gasteiger partial charge >= 0.3 is 5.97 Å². The number of nitrogens with zero attached hydrogens (tertiary/aromatic N) is 2. The predicted octanol–water partition coefficient (Wildman–Crippen LogP) is 8.13. The summed E-state index contributed by atoms with van der Waals surface area (Å²) in [6, 6.07) is 15.9. The molecule has 0 saturated carbocycles. The molecule has 0 bridgehead atoms. The maximum atomic E-state index is 13.9. The molecule has 0 saturated heterocycles. The van der Waals surface area contributed by atoms with Gasteiger partial charge in [0.15, 0.2) is 5.82 Å². The van der Waals surface area contributed by atoms with Crippen molar-refractivity contribution in [2.45, 2.75) is 90.6 Å². The summed E-state index contributed by atoms with van der Waals surface area (Å²) in [5, 5.41) is 0. The van der Waals surface area contributed by atoms with Gasteiger partial charge in [0.2, 0.25) is 0 Å². The lowest BCUT2D eigenvalue weighted by Crippen LogP contribution is -2.15. The molecule has 1 aromatic heterocycles. The third-order valence-electron chi connectivity index (χ3n) is 6.64. The van der Waals surface area contributed by atoms with Gasteiger partial charge in [0, 0.05) is 18.0 Å². The number of ether oxygens (including phenoxy) is 1. The zero-order valence-electron chi connectivity index (χ0n) is 22.4. The molecule has 1 heterocycles. The topological polar surface area (TPSA) is 52.1 Å². The zero-order valence-corrected chi connectivity index (χ0v) is 22.4. The van der Waals surface area contributed by atoms with E-state index in [1.165, 1.54) is 30.4 Å². The van der Waals surface area contributed by atoms with Gasteiger partial charge in [-0.05, 0) is 60.9 Å². The van der Waals surface area contributed by atoms with E-state index in [1.807, 2.05) is 12.4 Å². The Kier molecular flexibility index (Phi) is 12.2. The summed E-state index contributed by atoms with van der Waals surface area (Å²) >= 11 is 0. The van der Waals surface area contributed by atoms with Crippen LogP contribution in [0.5, 0.6) is 0 Å². The van der Waals surface area contributed by atoms with Crippen molar-refractivity contribution in [3.63, 3.8) is 0 Å². The summed E-state index contributed by atoms with van der Waals surface area (Å²) in [7, 11) is 0. The van der Waals surface area contributed by atoms with E-state index in [0.29, 0.717) is 17.8 Å². The lowest BCUT2D eigenvalue weighted by molar-refractivity contribution is 0.0389. The van der Waals surface area contributed by atoms with Crippen LogP contribution in [0.2, 0.25) is 0 Å². The minimum atomic E-state index is -1.11. The molecule has 4 nitrogen and oxygen atoms in total. The van der Waals surface area contributed by atoms with Crippen molar-refractivity contribution in [1.82, 2.24) is 9.97 Å². The minimum Gasteiger partial charge on any atom is -0.459 e. The fourth-order valence-corrected chi connectivity index (χ4v) is 4.25. The second kappa shape index (κ2) is 15.9. The molecule has 0 amide bonds. The Labute approximate surface area is 221 Å². The van der Waals surface area contributed by atoms with E-state index < -0.39 is 12.1 Å². The number of halogens is 1. The van der Waals surface area contributed by atoms with E-state index in [9.17, 15) is 9.18 Å². The molecule has 1 unspecified atom stereocenters. The van der Waals surface area contributed by atoms with Crippen LogP contribution in [0.25, 0.3) is 11.4 Å². The lowest BCUT2D eigenvalue weighted by Gasteiger charge is -2.09. The number of carbonyl (C=O) groups is 1. The predicted molar refractivity (Wildman–Crippen MR) is 148 cm³/mol. The van der Waals surface area contributed by atoms with E-state index in [4.69, 9.17) is 4.74 Å². The first kappa shape index (κ1) is 28.5. The largest absolute Gasteiger partial charge is 0.459 e. The van der Waals surface area contributed by atoms with Crippen LogP contribution in [0.15, 0.2) is 60.9 Å². The second-order valence-electron chi connectivity index (χ2n) is 9.81. The number of hydrogen-bond acceptors (Lipinski definition) is 4. The average molecular weight is 505 g/mol. The Bertz CT molecular complexity index is 1050. The van der Waals surface area contributed by atoms with Gasteiger partial charge in [-0.2, -0.15) is 0 Å². The first-order valence-corrected chi connectivity index (χ1v) is 13.9. The van der Waals surface area contributed by atoms with Crippen molar-refractivity contribution in [3.05, 3.63) is 83.2 Å². The Hall–Kier alpha value is -3.08. The van der Waals surface area contributed by atoms with E-state index in [0.717, 1.165) is 56.1 Å². The minimum absolute atomic E-state index is 0.194. The third kappa shape index (κ3) is 10.1. The van der Waals surface area contributed by atoms with Crippen molar-refractivity contribution < 1.29 is 13.9 Å². The fourth-order valence-electron chi connectivity index (χ4n) is 4.25. The maximum absolute atomic E-state index is 13.9. The van der Waals surface area contributed by atoms with Crippen LogP contribution in [-0.4, -0.2) is 28.7 Å². The van der Waals surface area contributed by atoms with Gasteiger partial charge in [-0.1, -0.05) is 88.8 Å². The molecular formula is C32H41FN2O2. The summed E-state index contributed by atoms with van der Waals surface area (Å²) < 4.78 is 19.1. The van der Waals surface area contributed by atoms with Gasteiger partial charge in [0.25, 0.3) is 0 Å². The first-order valence-electron chi connectivity index (χ1n) is 13.9. The molecule has 0 aliphatic rings. The summed E-state index contributed by atoms with van der Waals surface area (Å²) in [4.78, 5) is 21.3. The standard InChI is InChI=1S/C32H41FN2O2/c1-3-5-7-9-11-30(33)24-37-32(36)29-20-18-28(19-21-29)31-34-22-27(23-35-31)17-16-26-14-12-25(13-15-26)10-8-6-4-2/h12-15,18-23,30H,3-11,16-17,24H2,1-2H3. The number of aryl methyl sites for hydroxylation is 3. The Morgan fingerprint density at radius 2 is 1.35 bits per heavy atom. The van der Waals surface area contributed by atoms with Crippen molar-refractivity contribution in [1.29, 1.82) is 0 Å². The number of esters is 1. The normalized spacial score (nSPS) is 11.9. The van der Waals surface area contributed by atoms with Gasteiger partial charge in [-0.25, -0.2) is 19.2 Å². The molecule has 2 aromatic carbocycles. The Morgan fingerprint density at radius 3 is 2.00 bits per heavy atom. The van der Waals surface area contributed by atoms with Crippen LogP contribution >= 0.6 is 0 Å². The van der Waals surface area contributed by atoms with Crippen LogP contribution < -0.4 is 0 Å². The highest BCUT2D eigenvalue weighted by molar-refractivity contribution is 5.89. The molecule has 0 radical (unpaired) electrons. The van der Waals surface area contributed by atoms with Crippen LogP contribution in [0, 0.1) is 0 Å². The molecule has 3 rings (SSSR count). The molecule has 1 atom stereocenters. The van der Waals surface area contributed by atoms with Crippen LogP contribution in [0.4, 0.5) is 4.39 Å². The van der Waals surface area contributed by atoms with Crippen LogP contribution in [-0.2, 0) is 24.0 Å². The van der Waals surface area contributed by atoms with Gasteiger partial charge in [-0.15, -0.1) is 0 Å². The average Bonchev–Trinajstić information content (AvgIpc) is 2.94. The molecule has 5 heteroatoms. The summed E-state index contributed by atoms with van der Waals surface area (Å²) in [6.07, 6.45) is 13.9. The van der Waals surface area contributed by atoms with Gasteiger partial charge in [0.05, 0.1) is 5.56 Å². The van der Waals surface area contributed by atoms with E-state index >= 15 is 0 Å². The van der Waals surface area contributed by atoms with Gasteiger partial charge < -0.3 is 4.74 Å².